The summed E-state index contributed by atoms with van der Waals surface area (Å²) in [7, 11) is 3.89. The summed E-state index contributed by atoms with van der Waals surface area (Å²) in [5.41, 5.74) is 0. The summed E-state index contributed by atoms with van der Waals surface area (Å²) < 4.78 is 5.40. The summed E-state index contributed by atoms with van der Waals surface area (Å²) in [5.74, 6) is 0.707. The first-order valence-corrected chi connectivity index (χ1v) is 6.82. The van der Waals surface area contributed by atoms with Crippen LogP contribution in [-0.2, 0) is 9.59 Å². The topological polar surface area (TPSA) is 74.6 Å². The zero-order valence-corrected chi connectivity index (χ0v) is 11.9. The van der Waals surface area contributed by atoms with Gasteiger partial charge in [0, 0.05) is 19.5 Å². The zero-order chi connectivity index (χ0) is 14.5. The second-order valence-corrected chi connectivity index (χ2v) is 5.28. The fraction of sp³-hybridized carbons (Fsp3) is 0.571. The van der Waals surface area contributed by atoms with Crippen molar-refractivity contribution in [2.24, 2.45) is 5.92 Å². The Morgan fingerprint density at radius 2 is 2.40 bits per heavy atom. The highest BCUT2D eigenvalue weighted by atomic mass is 16.3. The molecule has 110 valence electrons. The van der Waals surface area contributed by atoms with E-state index in [9.17, 15) is 9.59 Å². The smallest absolute Gasteiger partial charge is 0.224 e. The Balaban J connectivity index is 1.86. The molecule has 2 rings (SSSR count). The van der Waals surface area contributed by atoms with E-state index in [0.29, 0.717) is 25.9 Å². The average molecular weight is 279 g/mol. The van der Waals surface area contributed by atoms with Crippen molar-refractivity contribution < 1.29 is 14.0 Å². The lowest BCUT2D eigenvalue weighted by atomic mass is 9.98. The first-order chi connectivity index (χ1) is 9.58. The number of likely N-dealkylation sites (N-methyl/N-ethyl adjacent to an activating group) is 1. The van der Waals surface area contributed by atoms with Gasteiger partial charge in [0.25, 0.3) is 0 Å². The van der Waals surface area contributed by atoms with Crippen molar-refractivity contribution in [1.82, 2.24) is 15.5 Å². The van der Waals surface area contributed by atoms with Gasteiger partial charge in [-0.05, 0) is 32.6 Å². The molecule has 0 radical (unpaired) electrons. The van der Waals surface area contributed by atoms with E-state index < -0.39 is 0 Å². The molecule has 2 amide bonds. The molecule has 0 bridgehead atoms. The van der Waals surface area contributed by atoms with Crippen molar-refractivity contribution in [2.75, 3.05) is 27.2 Å². The molecule has 0 unspecified atom stereocenters. The third-order valence-electron chi connectivity index (χ3n) is 3.60. The molecule has 0 aromatic carbocycles. The van der Waals surface area contributed by atoms with Crippen molar-refractivity contribution in [3.05, 3.63) is 24.2 Å². The summed E-state index contributed by atoms with van der Waals surface area (Å²) >= 11 is 0. The van der Waals surface area contributed by atoms with Crippen LogP contribution < -0.4 is 10.6 Å². The van der Waals surface area contributed by atoms with Gasteiger partial charge in [-0.15, -0.1) is 0 Å². The molecule has 6 heteroatoms. The van der Waals surface area contributed by atoms with Crippen molar-refractivity contribution in [3.8, 4) is 0 Å². The monoisotopic (exact) mass is 279 g/mol. The molecule has 1 aromatic rings. The van der Waals surface area contributed by atoms with Crippen molar-refractivity contribution in [1.29, 1.82) is 0 Å². The normalized spacial score (nSPS) is 20.6. The van der Waals surface area contributed by atoms with E-state index in [0.717, 1.165) is 5.76 Å². The number of furan rings is 1. The van der Waals surface area contributed by atoms with E-state index in [1.54, 1.807) is 6.26 Å². The Morgan fingerprint density at radius 1 is 1.60 bits per heavy atom. The van der Waals surface area contributed by atoms with Crippen LogP contribution in [0.4, 0.5) is 0 Å². The average Bonchev–Trinajstić information content (AvgIpc) is 2.93. The molecule has 1 aromatic heterocycles. The van der Waals surface area contributed by atoms with Gasteiger partial charge in [0.1, 0.15) is 5.76 Å². The molecule has 0 aliphatic carbocycles. The molecule has 1 saturated heterocycles. The quantitative estimate of drug-likeness (QED) is 0.824. The van der Waals surface area contributed by atoms with Gasteiger partial charge in [0.05, 0.1) is 18.2 Å². The predicted molar refractivity (Wildman–Crippen MR) is 73.9 cm³/mol. The molecule has 2 atom stereocenters. The van der Waals surface area contributed by atoms with Crippen LogP contribution in [0, 0.1) is 5.92 Å². The van der Waals surface area contributed by atoms with Crippen LogP contribution in [-0.4, -0.2) is 43.9 Å². The Bertz CT molecular complexity index is 446. The predicted octanol–water partition coefficient (Wildman–Crippen LogP) is 0.525. The molecule has 20 heavy (non-hydrogen) atoms. The van der Waals surface area contributed by atoms with Crippen LogP contribution in [0.3, 0.4) is 0 Å². The maximum absolute atomic E-state index is 12.1. The Hall–Kier alpha value is -1.82. The number of hydrogen-bond donors (Lipinski definition) is 2. The molecule has 1 aliphatic heterocycles. The second-order valence-electron chi connectivity index (χ2n) is 5.28. The van der Waals surface area contributed by atoms with Crippen LogP contribution in [0.1, 0.15) is 24.6 Å². The summed E-state index contributed by atoms with van der Waals surface area (Å²) in [4.78, 5) is 25.2. The number of nitrogens with zero attached hydrogens (tertiary/aromatic N) is 1. The lowest BCUT2D eigenvalue weighted by Crippen LogP contribution is -2.44. The molecule has 2 N–H and O–H groups in total. The van der Waals surface area contributed by atoms with Crippen LogP contribution in [0.5, 0.6) is 0 Å². The molecular formula is C14H21N3O3. The fourth-order valence-corrected chi connectivity index (χ4v) is 2.32. The van der Waals surface area contributed by atoms with E-state index in [2.05, 4.69) is 10.6 Å². The van der Waals surface area contributed by atoms with Gasteiger partial charge in [0.15, 0.2) is 0 Å². The minimum atomic E-state index is -0.132. The summed E-state index contributed by atoms with van der Waals surface area (Å²) in [6.45, 7) is 0.918. The van der Waals surface area contributed by atoms with Gasteiger partial charge in [-0.25, -0.2) is 0 Å². The Morgan fingerprint density at radius 3 is 2.95 bits per heavy atom. The lowest BCUT2D eigenvalue weighted by Gasteiger charge is -2.25. The van der Waals surface area contributed by atoms with E-state index in [-0.39, 0.29) is 23.8 Å². The van der Waals surface area contributed by atoms with E-state index in [1.165, 1.54) is 0 Å². The number of carbonyl (C=O) groups is 2. The first kappa shape index (κ1) is 14.6. The number of piperidine rings is 1. The molecular weight excluding hydrogens is 258 g/mol. The van der Waals surface area contributed by atoms with Gasteiger partial charge in [0.2, 0.25) is 11.8 Å². The van der Waals surface area contributed by atoms with E-state index in [1.807, 2.05) is 31.1 Å². The number of hydrogen-bond acceptors (Lipinski definition) is 4. The molecule has 0 spiro atoms. The SMILES string of the molecule is CN(C)[C@H](CNC(=O)[C@@H]1CCC(=O)NC1)c1ccco1. The van der Waals surface area contributed by atoms with Crippen molar-refractivity contribution >= 4 is 11.8 Å². The van der Waals surface area contributed by atoms with Crippen LogP contribution in [0.15, 0.2) is 22.8 Å². The van der Waals surface area contributed by atoms with Crippen LogP contribution in [0.25, 0.3) is 0 Å². The fourth-order valence-electron chi connectivity index (χ4n) is 2.32. The van der Waals surface area contributed by atoms with Crippen LogP contribution >= 0.6 is 0 Å². The second kappa shape index (κ2) is 6.56. The van der Waals surface area contributed by atoms with Gasteiger partial charge in [-0.2, -0.15) is 0 Å². The van der Waals surface area contributed by atoms with Crippen molar-refractivity contribution in [3.63, 3.8) is 0 Å². The number of amides is 2. The number of rotatable bonds is 5. The third-order valence-corrected chi connectivity index (χ3v) is 3.60. The standard InChI is InChI=1S/C14H21N3O3/c1-17(2)11(12-4-3-7-20-12)9-16-14(19)10-5-6-13(18)15-8-10/h3-4,7,10-11H,5-6,8-9H2,1-2H3,(H,15,18)(H,16,19)/t10-,11-/m1/s1. The third kappa shape index (κ3) is 3.60. The van der Waals surface area contributed by atoms with E-state index in [4.69, 9.17) is 4.42 Å². The Kier molecular flexibility index (Phi) is 4.79. The van der Waals surface area contributed by atoms with Gasteiger partial charge in [-0.1, -0.05) is 0 Å². The van der Waals surface area contributed by atoms with Gasteiger partial charge < -0.3 is 15.1 Å². The number of nitrogens with one attached hydrogen (secondary N) is 2. The maximum Gasteiger partial charge on any atom is 0.224 e. The largest absolute Gasteiger partial charge is 0.468 e. The van der Waals surface area contributed by atoms with Gasteiger partial charge in [-0.3, -0.25) is 14.5 Å². The summed E-state index contributed by atoms with van der Waals surface area (Å²) in [5, 5.41) is 5.67. The highest BCUT2D eigenvalue weighted by molar-refractivity contribution is 5.83. The Labute approximate surface area is 118 Å². The minimum absolute atomic E-state index is 0.00660. The molecule has 2 heterocycles. The number of carbonyl (C=O) groups excluding carboxylic acids is 2. The van der Waals surface area contributed by atoms with Crippen molar-refractivity contribution in [2.45, 2.75) is 18.9 Å². The molecule has 1 aliphatic rings. The summed E-state index contributed by atoms with van der Waals surface area (Å²) in [6.07, 6.45) is 2.67. The van der Waals surface area contributed by atoms with E-state index >= 15 is 0 Å². The van der Waals surface area contributed by atoms with Gasteiger partial charge >= 0.3 is 0 Å². The zero-order valence-electron chi connectivity index (χ0n) is 11.9. The lowest BCUT2D eigenvalue weighted by molar-refractivity contribution is -0.129. The summed E-state index contributed by atoms with van der Waals surface area (Å²) in [6, 6.07) is 3.74. The first-order valence-electron chi connectivity index (χ1n) is 6.82. The highest BCUT2D eigenvalue weighted by Crippen LogP contribution is 2.18. The molecule has 6 nitrogen and oxygen atoms in total. The minimum Gasteiger partial charge on any atom is -0.468 e. The molecule has 0 saturated carbocycles. The maximum atomic E-state index is 12.1. The highest BCUT2D eigenvalue weighted by Gasteiger charge is 2.25. The van der Waals surface area contributed by atoms with Crippen LogP contribution in [0.2, 0.25) is 0 Å². The molecule has 1 fully saturated rings.